The summed E-state index contributed by atoms with van der Waals surface area (Å²) < 4.78 is 11.3. The van der Waals surface area contributed by atoms with Crippen LogP contribution in [0.3, 0.4) is 0 Å². The first-order chi connectivity index (χ1) is 10.6. The summed E-state index contributed by atoms with van der Waals surface area (Å²) >= 11 is 3.37. The number of rotatable bonds is 6. The lowest BCUT2D eigenvalue weighted by atomic mass is 10.1. The Balaban J connectivity index is 3.07. The first kappa shape index (κ1) is 19.6. The Morgan fingerprint density at radius 2 is 1.78 bits per heavy atom. The molecule has 1 N–H and O–H groups in total. The third-order valence-corrected chi connectivity index (χ3v) is 3.58. The van der Waals surface area contributed by atoms with Crippen LogP contribution in [-0.2, 0) is 25.7 Å². The van der Waals surface area contributed by atoms with Crippen molar-refractivity contribution in [1.82, 2.24) is 5.32 Å². The van der Waals surface area contributed by atoms with Crippen molar-refractivity contribution in [3.8, 4) is 0 Å². The predicted molar refractivity (Wildman–Crippen MR) is 92.0 cm³/mol. The molecule has 0 spiro atoms. The van der Waals surface area contributed by atoms with Gasteiger partial charge < -0.3 is 14.8 Å². The molecule has 0 radical (unpaired) electrons. The number of ether oxygens (including phenoxy) is 2. The Bertz CT molecular complexity index is 539. The van der Waals surface area contributed by atoms with E-state index < -0.39 is 22.1 Å². The van der Waals surface area contributed by atoms with Crippen LogP contribution in [-0.4, -0.2) is 28.0 Å². The Hall–Kier alpha value is -1.40. The maximum absolute atomic E-state index is 12.7. The Morgan fingerprint density at radius 3 is 2.22 bits per heavy atom. The van der Waals surface area contributed by atoms with E-state index >= 15 is 0 Å². The number of hydrogen-bond acceptors (Lipinski definition) is 4. The third-order valence-electron chi connectivity index (χ3n) is 2.93. The number of esters is 1. The van der Waals surface area contributed by atoms with Gasteiger partial charge in [-0.15, -0.1) is 0 Å². The molecule has 1 aromatic carbocycles. The fourth-order valence-electron chi connectivity index (χ4n) is 1.91. The first-order valence-corrected chi connectivity index (χ1v) is 8.32. The van der Waals surface area contributed by atoms with E-state index in [4.69, 9.17) is 9.47 Å². The Kier molecular flexibility index (Phi) is 6.77. The zero-order valence-electron chi connectivity index (χ0n) is 14.2. The molecule has 128 valence electrons. The fourth-order valence-corrected chi connectivity index (χ4v) is 2.34. The van der Waals surface area contributed by atoms with E-state index in [1.54, 1.807) is 27.7 Å². The standard InChI is InChI=1S/C17H24BrNO4/c1-12(18)17(19-13(2)20,15(21)23-16(3,4)5)22-11-14-9-7-6-8-10-14/h6-10,12H,11H2,1-5H3,(H,19,20). The van der Waals surface area contributed by atoms with Crippen molar-refractivity contribution in [2.75, 3.05) is 0 Å². The monoisotopic (exact) mass is 385 g/mol. The highest BCUT2D eigenvalue weighted by atomic mass is 79.9. The van der Waals surface area contributed by atoms with Crippen LogP contribution in [0.1, 0.15) is 40.2 Å². The highest BCUT2D eigenvalue weighted by Gasteiger charge is 2.48. The van der Waals surface area contributed by atoms with Crippen molar-refractivity contribution in [1.29, 1.82) is 0 Å². The maximum atomic E-state index is 12.7. The summed E-state index contributed by atoms with van der Waals surface area (Å²) in [6.45, 7) is 8.51. The minimum absolute atomic E-state index is 0.163. The molecular formula is C17H24BrNO4. The molecule has 0 aliphatic rings. The fraction of sp³-hybridized carbons (Fsp3) is 0.529. The van der Waals surface area contributed by atoms with Crippen molar-refractivity contribution < 1.29 is 19.1 Å². The van der Waals surface area contributed by atoms with Crippen LogP contribution in [0, 0.1) is 0 Å². The zero-order chi connectivity index (χ0) is 17.7. The molecule has 0 aliphatic carbocycles. The number of halogens is 1. The second kappa shape index (κ2) is 7.93. The molecule has 0 bridgehead atoms. The molecule has 0 aliphatic heterocycles. The molecule has 23 heavy (non-hydrogen) atoms. The minimum Gasteiger partial charge on any atom is -0.456 e. The number of hydrogen-bond donors (Lipinski definition) is 1. The van der Waals surface area contributed by atoms with Crippen molar-refractivity contribution in [3.05, 3.63) is 35.9 Å². The summed E-state index contributed by atoms with van der Waals surface area (Å²) in [6.07, 6.45) is 0. The van der Waals surface area contributed by atoms with Gasteiger partial charge in [0.25, 0.3) is 5.72 Å². The van der Waals surface area contributed by atoms with Gasteiger partial charge >= 0.3 is 5.97 Å². The quantitative estimate of drug-likeness (QED) is 0.464. The Morgan fingerprint density at radius 1 is 1.22 bits per heavy atom. The van der Waals surface area contributed by atoms with Crippen LogP contribution in [0.2, 0.25) is 0 Å². The number of benzene rings is 1. The average Bonchev–Trinajstić information content (AvgIpc) is 2.42. The van der Waals surface area contributed by atoms with Gasteiger partial charge in [-0.3, -0.25) is 4.79 Å². The van der Waals surface area contributed by atoms with E-state index in [2.05, 4.69) is 21.2 Å². The molecular weight excluding hydrogens is 362 g/mol. The van der Waals surface area contributed by atoms with E-state index in [1.807, 2.05) is 30.3 Å². The lowest BCUT2D eigenvalue weighted by Crippen LogP contribution is -2.62. The number of carbonyl (C=O) groups excluding carboxylic acids is 2. The van der Waals surface area contributed by atoms with Crippen molar-refractivity contribution in [3.63, 3.8) is 0 Å². The van der Waals surface area contributed by atoms with Crippen molar-refractivity contribution in [2.45, 2.75) is 57.4 Å². The third kappa shape index (κ3) is 5.95. The molecule has 5 nitrogen and oxygen atoms in total. The molecule has 0 saturated heterocycles. The van der Waals surface area contributed by atoms with Gasteiger partial charge in [-0.1, -0.05) is 46.3 Å². The summed E-state index contributed by atoms with van der Waals surface area (Å²) in [7, 11) is 0. The molecule has 1 aromatic rings. The van der Waals surface area contributed by atoms with E-state index in [0.717, 1.165) is 5.56 Å². The lowest BCUT2D eigenvalue weighted by molar-refractivity contribution is -0.192. The van der Waals surface area contributed by atoms with Crippen LogP contribution < -0.4 is 5.32 Å². The van der Waals surface area contributed by atoms with Gasteiger partial charge in [-0.2, -0.15) is 0 Å². The molecule has 0 aromatic heterocycles. The summed E-state index contributed by atoms with van der Waals surface area (Å²) in [6, 6.07) is 9.41. The molecule has 2 atom stereocenters. The molecule has 1 rings (SSSR count). The highest BCUT2D eigenvalue weighted by Crippen LogP contribution is 2.26. The van der Waals surface area contributed by atoms with Gasteiger partial charge in [0.15, 0.2) is 0 Å². The van der Waals surface area contributed by atoms with Gasteiger partial charge in [-0.25, -0.2) is 4.79 Å². The molecule has 1 amide bonds. The molecule has 0 fully saturated rings. The highest BCUT2D eigenvalue weighted by molar-refractivity contribution is 9.09. The second-order valence-corrected chi connectivity index (χ2v) is 7.68. The van der Waals surface area contributed by atoms with E-state index in [1.165, 1.54) is 6.92 Å². The second-order valence-electron chi connectivity index (χ2n) is 6.31. The SMILES string of the molecule is CC(=O)NC(OCc1ccccc1)(C(=O)OC(C)(C)C)C(C)Br. The summed E-state index contributed by atoms with van der Waals surface area (Å²) in [5.74, 6) is -1.02. The van der Waals surface area contributed by atoms with Crippen LogP contribution in [0.4, 0.5) is 0 Å². The summed E-state index contributed by atoms with van der Waals surface area (Å²) in [5, 5.41) is 2.60. The number of alkyl halides is 1. The van der Waals surface area contributed by atoms with E-state index in [0.29, 0.717) is 0 Å². The summed E-state index contributed by atoms with van der Waals surface area (Å²) in [5.41, 5.74) is -1.41. The van der Waals surface area contributed by atoms with Crippen molar-refractivity contribution >= 4 is 27.8 Å². The van der Waals surface area contributed by atoms with Crippen LogP contribution >= 0.6 is 15.9 Å². The van der Waals surface area contributed by atoms with E-state index in [9.17, 15) is 9.59 Å². The van der Waals surface area contributed by atoms with Gasteiger partial charge in [0.2, 0.25) is 5.91 Å². The molecule has 6 heteroatoms. The van der Waals surface area contributed by atoms with Crippen LogP contribution in [0.5, 0.6) is 0 Å². The predicted octanol–water partition coefficient (Wildman–Crippen LogP) is 3.16. The summed E-state index contributed by atoms with van der Waals surface area (Å²) in [4.78, 5) is 23.8. The normalized spacial score (nSPS) is 15.4. The molecule has 2 unspecified atom stereocenters. The van der Waals surface area contributed by atoms with Crippen molar-refractivity contribution in [2.24, 2.45) is 0 Å². The topological polar surface area (TPSA) is 64.6 Å². The largest absolute Gasteiger partial charge is 0.456 e. The Labute approximate surface area is 145 Å². The first-order valence-electron chi connectivity index (χ1n) is 7.41. The van der Waals surface area contributed by atoms with Gasteiger partial charge in [0, 0.05) is 6.92 Å². The lowest BCUT2D eigenvalue weighted by Gasteiger charge is -2.36. The van der Waals surface area contributed by atoms with Gasteiger partial charge in [0.1, 0.15) is 5.60 Å². The van der Waals surface area contributed by atoms with Crippen LogP contribution in [0.25, 0.3) is 0 Å². The number of nitrogens with one attached hydrogen (secondary N) is 1. The zero-order valence-corrected chi connectivity index (χ0v) is 15.8. The maximum Gasteiger partial charge on any atom is 0.361 e. The minimum atomic E-state index is -1.60. The van der Waals surface area contributed by atoms with Gasteiger partial charge in [-0.05, 0) is 33.3 Å². The average molecular weight is 386 g/mol. The van der Waals surface area contributed by atoms with E-state index in [-0.39, 0.29) is 12.5 Å². The molecule has 0 saturated carbocycles. The smallest absolute Gasteiger partial charge is 0.361 e. The number of carbonyl (C=O) groups is 2. The van der Waals surface area contributed by atoms with Gasteiger partial charge in [0.05, 0.1) is 11.4 Å². The molecule has 0 heterocycles. The van der Waals surface area contributed by atoms with Crippen LogP contribution in [0.15, 0.2) is 30.3 Å². The number of amides is 1.